The average molecular weight is 214 g/mol. The van der Waals surface area contributed by atoms with Crippen LogP contribution >= 0.6 is 8.35 Å². The molecule has 0 aromatic carbocycles. The van der Waals surface area contributed by atoms with Crippen molar-refractivity contribution in [2.45, 2.75) is 33.1 Å². The zero-order valence-corrected chi connectivity index (χ0v) is 9.96. The summed E-state index contributed by atoms with van der Waals surface area (Å²) in [4.78, 5) is 12.8. The number of nitrogens with zero attached hydrogens (tertiary/aromatic N) is 2. The fourth-order valence-electron chi connectivity index (χ4n) is 1.33. The molecule has 0 N–H and O–H groups in total. The zero-order valence-electron chi connectivity index (χ0n) is 9.07. The maximum absolute atomic E-state index is 11.0. The Morgan fingerprint density at radius 2 is 2.07 bits per heavy atom. The second kappa shape index (κ2) is 6.15. The lowest BCUT2D eigenvalue weighted by Gasteiger charge is -2.27. The van der Waals surface area contributed by atoms with Gasteiger partial charge < -0.3 is 4.90 Å². The molecule has 0 spiro atoms. The van der Waals surface area contributed by atoms with Gasteiger partial charge in [0.2, 0.25) is 5.91 Å². The summed E-state index contributed by atoms with van der Waals surface area (Å²) in [5, 5.41) is 0. The van der Waals surface area contributed by atoms with Crippen LogP contribution in [0.15, 0.2) is 0 Å². The molecule has 0 saturated carbocycles. The molecule has 0 unspecified atom stereocenters. The summed E-state index contributed by atoms with van der Waals surface area (Å²) in [6.07, 6.45) is 3.08. The predicted octanol–water partition coefficient (Wildman–Crippen LogP) is 1.96. The van der Waals surface area contributed by atoms with Crippen LogP contribution in [0.4, 0.5) is 0 Å². The first-order valence-electron chi connectivity index (χ1n) is 5.36. The Kier molecular flexibility index (Phi) is 5.13. The minimum Gasteiger partial charge on any atom is -0.313 e. The molecule has 80 valence electrons. The normalized spacial score (nSPS) is 16.8. The Balaban J connectivity index is 2.33. The molecule has 0 aromatic rings. The van der Waals surface area contributed by atoms with Crippen LogP contribution in [0.3, 0.4) is 0 Å². The van der Waals surface area contributed by atoms with Crippen LogP contribution in [0.2, 0.25) is 0 Å². The van der Waals surface area contributed by atoms with Gasteiger partial charge in [-0.15, -0.1) is 0 Å². The van der Waals surface area contributed by atoms with Crippen molar-refractivity contribution in [2.75, 3.05) is 19.6 Å². The van der Waals surface area contributed by atoms with Crippen molar-refractivity contribution < 1.29 is 4.79 Å². The second-order valence-electron chi connectivity index (χ2n) is 3.52. The predicted molar refractivity (Wildman–Crippen MR) is 61.5 cm³/mol. The van der Waals surface area contributed by atoms with Crippen molar-refractivity contribution >= 4 is 20.2 Å². The van der Waals surface area contributed by atoms with Gasteiger partial charge in [0, 0.05) is 40.3 Å². The van der Waals surface area contributed by atoms with E-state index in [9.17, 15) is 4.79 Å². The molecule has 1 saturated heterocycles. The lowest BCUT2D eigenvalue weighted by atomic mass is 10.2. The minimum absolute atomic E-state index is 0.269. The van der Waals surface area contributed by atoms with E-state index in [1.165, 1.54) is 21.2 Å². The molecule has 0 atom stereocenters. The lowest BCUT2D eigenvalue weighted by Crippen LogP contribution is -2.41. The number of likely N-dealkylation sites (tertiary alicyclic amines) is 1. The molecule has 1 amide bonds. The zero-order chi connectivity index (χ0) is 10.4. The third-order valence-electron chi connectivity index (χ3n) is 2.20. The molecule has 0 aliphatic carbocycles. The van der Waals surface area contributed by atoms with Crippen LogP contribution in [0.25, 0.3) is 0 Å². The van der Waals surface area contributed by atoms with Crippen molar-refractivity contribution in [2.24, 2.45) is 0 Å². The van der Waals surface area contributed by atoms with Gasteiger partial charge in [-0.05, 0) is 12.8 Å². The molecule has 0 radical (unpaired) electrons. The number of carbonyl (C=O) groups is 1. The molecule has 0 aromatic heterocycles. The van der Waals surface area contributed by atoms with Gasteiger partial charge in [-0.1, -0.05) is 13.8 Å². The van der Waals surface area contributed by atoms with Crippen molar-refractivity contribution in [3.63, 3.8) is 0 Å². The Hall–Kier alpha value is -0.400. The van der Waals surface area contributed by atoms with Crippen LogP contribution in [0.5, 0.6) is 0 Å². The molecule has 1 heterocycles. The Morgan fingerprint density at radius 1 is 1.43 bits per heavy atom. The van der Waals surface area contributed by atoms with Gasteiger partial charge in [0.15, 0.2) is 0 Å². The summed E-state index contributed by atoms with van der Waals surface area (Å²) in [6, 6.07) is 0. The van der Waals surface area contributed by atoms with E-state index in [0.29, 0.717) is 0 Å². The Bertz CT molecular complexity index is 212. The van der Waals surface area contributed by atoms with E-state index >= 15 is 0 Å². The molecule has 3 nitrogen and oxygen atoms in total. The first-order valence-corrected chi connectivity index (χ1v) is 6.28. The van der Waals surface area contributed by atoms with Crippen molar-refractivity contribution in [3.05, 3.63) is 0 Å². The van der Waals surface area contributed by atoms with Crippen molar-refractivity contribution in [3.8, 4) is 0 Å². The fraction of sp³-hybridized carbons (Fsp3) is 0.800. The highest BCUT2D eigenvalue weighted by Gasteiger charge is 2.21. The van der Waals surface area contributed by atoms with Gasteiger partial charge >= 0.3 is 0 Å². The largest absolute Gasteiger partial charge is 0.313 e. The molecular weight excluding hydrogens is 195 g/mol. The smallest absolute Gasteiger partial charge is 0.228 e. The van der Waals surface area contributed by atoms with E-state index in [1.807, 2.05) is 10.8 Å². The topological polar surface area (TPSA) is 23.6 Å². The first-order chi connectivity index (χ1) is 6.77. The van der Waals surface area contributed by atoms with Gasteiger partial charge in [-0.3, -0.25) is 9.46 Å². The van der Waals surface area contributed by atoms with Gasteiger partial charge in [-0.25, -0.2) is 0 Å². The fourth-order valence-corrected chi connectivity index (χ4v) is 2.48. The number of hydrogen-bond acceptors (Lipinski definition) is 2. The minimum atomic E-state index is 0.269. The molecule has 4 heteroatoms. The summed E-state index contributed by atoms with van der Waals surface area (Å²) in [6.45, 7) is 7.53. The highest BCUT2D eigenvalue weighted by Crippen LogP contribution is 2.12. The molecule has 1 aliphatic rings. The van der Waals surface area contributed by atoms with Crippen LogP contribution in [-0.4, -0.2) is 41.0 Å². The van der Waals surface area contributed by atoms with E-state index in [1.54, 1.807) is 0 Å². The highest BCUT2D eigenvalue weighted by molar-refractivity contribution is 7.35. The molecule has 1 aliphatic heterocycles. The van der Waals surface area contributed by atoms with Crippen LogP contribution < -0.4 is 0 Å². The SMILES string of the molecule is CCCN(CCC)P=CN1CCC1=O. The summed E-state index contributed by atoms with van der Waals surface area (Å²) < 4.78 is 2.37. The van der Waals surface area contributed by atoms with Crippen LogP contribution in [0, 0.1) is 0 Å². The summed E-state index contributed by atoms with van der Waals surface area (Å²) in [5.74, 6) is 2.28. The number of carbonyl (C=O) groups excluding carboxylic acids is 1. The van der Waals surface area contributed by atoms with Gasteiger partial charge in [0.25, 0.3) is 0 Å². The molecule has 1 rings (SSSR count). The third kappa shape index (κ3) is 3.39. The first kappa shape index (κ1) is 11.7. The molecule has 1 fully saturated rings. The summed E-state index contributed by atoms with van der Waals surface area (Å²) in [7, 11) is 1.17. The average Bonchev–Trinajstić information content (AvgIpc) is 2.16. The number of amides is 1. The van der Waals surface area contributed by atoms with Crippen molar-refractivity contribution in [1.82, 2.24) is 9.57 Å². The monoisotopic (exact) mass is 214 g/mol. The maximum Gasteiger partial charge on any atom is 0.228 e. The lowest BCUT2D eigenvalue weighted by molar-refractivity contribution is -0.133. The van der Waals surface area contributed by atoms with Crippen LogP contribution in [-0.2, 0) is 4.79 Å². The van der Waals surface area contributed by atoms with E-state index in [0.717, 1.165) is 26.1 Å². The number of β-lactam (4-membered cyclic amide) rings is 1. The molecular formula is C10H19N2OP. The summed E-state index contributed by atoms with van der Waals surface area (Å²) >= 11 is 0. The molecule has 0 bridgehead atoms. The number of hydrogen-bond donors (Lipinski definition) is 0. The Labute approximate surface area is 87.9 Å². The van der Waals surface area contributed by atoms with E-state index in [4.69, 9.17) is 0 Å². The second-order valence-corrected chi connectivity index (χ2v) is 4.55. The van der Waals surface area contributed by atoms with E-state index < -0.39 is 0 Å². The van der Waals surface area contributed by atoms with Gasteiger partial charge in [-0.2, -0.15) is 0 Å². The third-order valence-corrected chi connectivity index (χ3v) is 3.31. The maximum atomic E-state index is 11.0. The highest BCUT2D eigenvalue weighted by atomic mass is 31.1. The van der Waals surface area contributed by atoms with Crippen molar-refractivity contribution in [1.29, 1.82) is 0 Å². The van der Waals surface area contributed by atoms with Crippen LogP contribution in [0.1, 0.15) is 33.1 Å². The summed E-state index contributed by atoms with van der Waals surface area (Å²) in [5.41, 5.74) is 0. The van der Waals surface area contributed by atoms with Gasteiger partial charge in [0.1, 0.15) is 0 Å². The number of rotatable bonds is 6. The van der Waals surface area contributed by atoms with E-state index in [-0.39, 0.29) is 5.91 Å². The Morgan fingerprint density at radius 3 is 2.43 bits per heavy atom. The standard InChI is InChI=1S/C10H19N2OP/c1-3-6-12(7-4-2)14-9-11-8-5-10(11)13/h9H,3-8H2,1-2H3. The molecule has 14 heavy (non-hydrogen) atoms. The van der Waals surface area contributed by atoms with E-state index in [2.05, 4.69) is 18.5 Å². The quantitative estimate of drug-likeness (QED) is 0.498. The van der Waals surface area contributed by atoms with Gasteiger partial charge in [0.05, 0.1) is 0 Å².